The summed E-state index contributed by atoms with van der Waals surface area (Å²) in [5.41, 5.74) is 1.99. The topological polar surface area (TPSA) is 100 Å². The molecule has 9 heteroatoms. The number of aryl methyl sites for hydroxylation is 1. The Balaban J connectivity index is 1.46. The quantitative estimate of drug-likeness (QED) is 0.703. The zero-order chi connectivity index (χ0) is 19.5. The highest BCUT2D eigenvalue weighted by molar-refractivity contribution is 7.17. The molecule has 0 saturated carbocycles. The van der Waals surface area contributed by atoms with Crippen molar-refractivity contribution in [1.82, 2.24) is 20.3 Å². The van der Waals surface area contributed by atoms with Crippen molar-refractivity contribution in [3.63, 3.8) is 0 Å². The summed E-state index contributed by atoms with van der Waals surface area (Å²) < 4.78 is 0. The lowest BCUT2D eigenvalue weighted by Gasteiger charge is -2.27. The van der Waals surface area contributed by atoms with Gasteiger partial charge in [0, 0.05) is 19.3 Å². The highest BCUT2D eigenvalue weighted by atomic mass is 32.1. The largest absolute Gasteiger partial charge is 0.353 e. The number of rotatable bonds is 4. The fraction of sp³-hybridized carbons (Fsp3) is 0.211. The first kappa shape index (κ1) is 18.1. The minimum Gasteiger partial charge on any atom is -0.353 e. The van der Waals surface area contributed by atoms with Gasteiger partial charge in [-0.15, -0.1) is 11.3 Å². The average Bonchev–Trinajstić information content (AvgIpc) is 3.11. The molecule has 3 aromatic heterocycles. The zero-order valence-corrected chi connectivity index (χ0v) is 16.0. The number of carbonyl (C=O) groups excluding carboxylic acids is 2. The van der Waals surface area contributed by atoms with E-state index in [1.54, 1.807) is 31.5 Å². The SMILES string of the molecule is Cc1nc(-c2ccccn2)sc1C(=O)Nc1ccc(N2CCNC(=O)C2)nc1. The second kappa shape index (κ2) is 7.73. The summed E-state index contributed by atoms with van der Waals surface area (Å²) in [4.78, 5) is 39.7. The molecule has 0 bridgehead atoms. The summed E-state index contributed by atoms with van der Waals surface area (Å²) in [6.07, 6.45) is 3.29. The predicted molar refractivity (Wildman–Crippen MR) is 107 cm³/mol. The monoisotopic (exact) mass is 394 g/mol. The van der Waals surface area contributed by atoms with E-state index < -0.39 is 0 Å². The maximum Gasteiger partial charge on any atom is 0.267 e. The Morgan fingerprint density at radius 3 is 2.86 bits per heavy atom. The van der Waals surface area contributed by atoms with Gasteiger partial charge in [-0.3, -0.25) is 14.6 Å². The molecule has 1 aliphatic heterocycles. The third-order valence-electron chi connectivity index (χ3n) is 4.25. The van der Waals surface area contributed by atoms with E-state index in [9.17, 15) is 9.59 Å². The molecule has 8 nitrogen and oxygen atoms in total. The minimum atomic E-state index is -0.232. The lowest BCUT2D eigenvalue weighted by Crippen LogP contribution is -2.48. The van der Waals surface area contributed by atoms with Gasteiger partial charge in [0.05, 0.1) is 29.8 Å². The summed E-state index contributed by atoms with van der Waals surface area (Å²) in [5.74, 6) is 0.457. The van der Waals surface area contributed by atoms with E-state index in [0.29, 0.717) is 40.2 Å². The van der Waals surface area contributed by atoms with E-state index >= 15 is 0 Å². The molecule has 2 amide bonds. The van der Waals surface area contributed by atoms with E-state index in [1.807, 2.05) is 23.1 Å². The molecule has 0 unspecified atom stereocenters. The van der Waals surface area contributed by atoms with Crippen LogP contribution in [0.25, 0.3) is 10.7 Å². The molecule has 0 radical (unpaired) electrons. The van der Waals surface area contributed by atoms with Gasteiger partial charge in [0.1, 0.15) is 15.7 Å². The maximum absolute atomic E-state index is 12.7. The number of aromatic nitrogens is 3. The van der Waals surface area contributed by atoms with Gasteiger partial charge in [0.15, 0.2) is 0 Å². The van der Waals surface area contributed by atoms with Crippen molar-refractivity contribution in [2.75, 3.05) is 29.9 Å². The number of nitrogens with zero attached hydrogens (tertiary/aromatic N) is 4. The van der Waals surface area contributed by atoms with Crippen molar-refractivity contribution < 1.29 is 9.59 Å². The van der Waals surface area contributed by atoms with Crippen LogP contribution in [0.15, 0.2) is 42.7 Å². The molecule has 1 saturated heterocycles. The van der Waals surface area contributed by atoms with Crippen molar-refractivity contribution in [3.8, 4) is 10.7 Å². The Labute approximate surface area is 165 Å². The number of amides is 2. The number of hydrogen-bond donors (Lipinski definition) is 2. The number of thiazole rings is 1. The van der Waals surface area contributed by atoms with Crippen LogP contribution in [0.2, 0.25) is 0 Å². The van der Waals surface area contributed by atoms with Crippen molar-refractivity contribution in [2.24, 2.45) is 0 Å². The van der Waals surface area contributed by atoms with E-state index in [2.05, 4.69) is 25.6 Å². The third kappa shape index (κ3) is 3.84. The molecule has 0 aliphatic carbocycles. The fourth-order valence-electron chi connectivity index (χ4n) is 2.87. The Morgan fingerprint density at radius 1 is 1.25 bits per heavy atom. The second-order valence-corrected chi connectivity index (χ2v) is 7.28. The zero-order valence-electron chi connectivity index (χ0n) is 15.2. The molecule has 4 rings (SSSR count). The van der Waals surface area contributed by atoms with Gasteiger partial charge in [0.2, 0.25) is 5.91 Å². The van der Waals surface area contributed by atoms with Crippen LogP contribution in [-0.4, -0.2) is 46.4 Å². The second-order valence-electron chi connectivity index (χ2n) is 6.28. The van der Waals surface area contributed by atoms with Gasteiger partial charge in [-0.05, 0) is 31.2 Å². The molecule has 2 N–H and O–H groups in total. The Morgan fingerprint density at radius 2 is 2.14 bits per heavy atom. The Bertz CT molecular complexity index is 1000. The van der Waals surface area contributed by atoms with Crippen LogP contribution < -0.4 is 15.5 Å². The number of piperazine rings is 1. The summed E-state index contributed by atoms with van der Waals surface area (Å²) in [6, 6.07) is 9.17. The molecule has 1 fully saturated rings. The first-order valence-electron chi connectivity index (χ1n) is 8.78. The molecular formula is C19H18N6O2S. The molecule has 142 valence electrons. The molecule has 0 spiro atoms. The predicted octanol–water partition coefficient (Wildman–Crippen LogP) is 2.10. The van der Waals surface area contributed by atoms with Gasteiger partial charge >= 0.3 is 0 Å². The minimum absolute atomic E-state index is 0.0187. The molecule has 0 atom stereocenters. The van der Waals surface area contributed by atoms with E-state index in [4.69, 9.17) is 0 Å². The highest BCUT2D eigenvalue weighted by Crippen LogP contribution is 2.27. The van der Waals surface area contributed by atoms with Gasteiger partial charge in [-0.25, -0.2) is 9.97 Å². The van der Waals surface area contributed by atoms with Crippen LogP contribution in [0.3, 0.4) is 0 Å². The normalized spacial score (nSPS) is 13.9. The molecule has 1 aliphatic rings. The van der Waals surface area contributed by atoms with E-state index in [0.717, 1.165) is 5.69 Å². The van der Waals surface area contributed by atoms with Crippen LogP contribution >= 0.6 is 11.3 Å². The first-order chi connectivity index (χ1) is 13.6. The van der Waals surface area contributed by atoms with Gasteiger partial charge in [-0.1, -0.05) is 6.07 Å². The first-order valence-corrected chi connectivity index (χ1v) is 9.60. The molecule has 4 heterocycles. The van der Waals surface area contributed by atoms with Crippen molar-refractivity contribution in [3.05, 3.63) is 53.3 Å². The number of anilines is 2. The van der Waals surface area contributed by atoms with Gasteiger partial charge in [0.25, 0.3) is 5.91 Å². The summed E-state index contributed by atoms with van der Waals surface area (Å²) in [5, 5.41) is 6.34. The van der Waals surface area contributed by atoms with Crippen LogP contribution in [-0.2, 0) is 4.79 Å². The summed E-state index contributed by atoms with van der Waals surface area (Å²) in [7, 11) is 0. The molecule has 28 heavy (non-hydrogen) atoms. The lowest BCUT2D eigenvalue weighted by atomic mass is 10.3. The smallest absolute Gasteiger partial charge is 0.267 e. The number of nitrogens with one attached hydrogen (secondary N) is 2. The maximum atomic E-state index is 12.7. The Kier molecular flexibility index (Phi) is 4.98. The van der Waals surface area contributed by atoms with Crippen molar-refractivity contribution in [1.29, 1.82) is 0 Å². The van der Waals surface area contributed by atoms with Crippen molar-refractivity contribution >= 4 is 34.7 Å². The summed E-state index contributed by atoms with van der Waals surface area (Å²) in [6.45, 7) is 3.40. The number of hydrogen-bond acceptors (Lipinski definition) is 7. The molecule has 0 aromatic carbocycles. The van der Waals surface area contributed by atoms with Crippen LogP contribution in [0.1, 0.15) is 15.4 Å². The van der Waals surface area contributed by atoms with Gasteiger partial charge < -0.3 is 15.5 Å². The Hall–Kier alpha value is -3.33. The lowest BCUT2D eigenvalue weighted by molar-refractivity contribution is -0.120. The number of pyridine rings is 2. The van der Waals surface area contributed by atoms with E-state index in [-0.39, 0.29) is 18.4 Å². The van der Waals surface area contributed by atoms with Crippen molar-refractivity contribution in [2.45, 2.75) is 6.92 Å². The standard InChI is InChI=1S/C19H18N6O2S/c1-12-17(28-19(23-12)14-4-2-3-7-20-14)18(27)24-13-5-6-15(22-10-13)25-9-8-21-16(26)11-25/h2-7,10H,8-9,11H2,1H3,(H,21,26)(H,24,27). The fourth-order valence-corrected chi connectivity index (χ4v) is 3.81. The van der Waals surface area contributed by atoms with E-state index in [1.165, 1.54) is 11.3 Å². The number of carbonyl (C=O) groups is 2. The van der Waals surface area contributed by atoms with Crippen LogP contribution in [0, 0.1) is 6.92 Å². The van der Waals surface area contributed by atoms with Crippen LogP contribution in [0.4, 0.5) is 11.5 Å². The highest BCUT2D eigenvalue weighted by Gasteiger charge is 2.19. The van der Waals surface area contributed by atoms with Crippen LogP contribution in [0.5, 0.6) is 0 Å². The summed E-state index contributed by atoms with van der Waals surface area (Å²) >= 11 is 1.31. The van der Waals surface area contributed by atoms with Gasteiger partial charge in [-0.2, -0.15) is 0 Å². The average molecular weight is 394 g/mol. The third-order valence-corrected chi connectivity index (χ3v) is 5.43. The molecule has 3 aromatic rings. The molecular weight excluding hydrogens is 376 g/mol.